The quantitative estimate of drug-likeness (QED) is 0.782. The van der Waals surface area contributed by atoms with Gasteiger partial charge in [-0.3, -0.25) is 14.5 Å². The minimum absolute atomic E-state index is 0.289. The van der Waals surface area contributed by atoms with E-state index in [4.69, 9.17) is 9.47 Å². The summed E-state index contributed by atoms with van der Waals surface area (Å²) >= 11 is 0. The Morgan fingerprint density at radius 2 is 1.36 bits per heavy atom. The van der Waals surface area contributed by atoms with Crippen molar-refractivity contribution in [2.75, 3.05) is 0 Å². The highest BCUT2D eigenvalue weighted by Gasteiger charge is 2.49. The zero-order chi connectivity index (χ0) is 18.8. The van der Waals surface area contributed by atoms with Crippen molar-refractivity contribution in [3.8, 4) is 0 Å². The summed E-state index contributed by atoms with van der Waals surface area (Å²) in [7, 11) is 0. The summed E-state index contributed by atoms with van der Waals surface area (Å²) in [6.07, 6.45) is 0.427. The van der Waals surface area contributed by atoms with E-state index in [-0.39, 0.29) is 11.9 Å². The van der Waals surface area contributed by atoms with Crippen LogP contribution < -0.4 is 0 Å². The molecule has 1 fully saturated rings. The van der Waals surface area contributed by atoms with Crippen LogP contribution in [0.25, 0.3) is 0 Å². The number of hydrogen-bond donors (Lipinski definition) is 0. The molecule has 0 aliphatic carbocycles. The molecule has 0 radical (unpaired) electrons. The Labute approximate surface area is 150 Å². The fraction of sp³-hybridized carbons (Fsp3) is 0.600. The number of esters is 2. The Kier molecular flexibility index (Phi) is 5.57. The minimum atomic E-state index is -0.549. The fourth-order valence-electron chi connectivity index (χ4n) is 2.78. The Hall–Kier alpha value is -1.88. The molecule has 2 rings (SSSR count). The van der Waals surface area contributed by atoms with Crippen LogP contribution in [0.15, 0.2) is 30.3 Å². The number of nitrogens with zero attached hydrogens (tertiary/aromatic N) is 1. The Balaban J connectivity index is 2.13. The molecule has 1 aromatic carbocycles. The van der Waals surface area contributed by atoms with Crippen LogP contribution in [0.4, 0.5) is 0 Å². The lowest BCUT2D eigenvalue weighted by Crippen LogP contribution is -2.63. The van der Waals surface area contributed by atoms with Gasteiger partial charge in [0.25, 0.3) is 0 Å². The maximum Gasteiger partial charge on any atom is 0.323 e. The summed E-state index contributed by atoms with van der Waals surface area (Å²) in [6, 6.07) is 8.96. The molecule has 2 atom stereocenters. The number of hydrogen-bond acceptors (Lipinski definition) is 5. The van der Waals surface area contributed by atoms with Crippen LogP contribution in [0, 0.1) is 0 Å². The third-order valence-corrected chi connectivity index (χ3v) is 3.81. The molecule has 0 N–H and O–H groups in total. The molecule has 1 aromatic rings. The Bertz CT molecular complexity index is 579. The summed E-state index contributed by atoms with van der Waals surface area (Å²) in [6.45, 7) is 11.6. The number of carbonyl (C=O) groups excluding carboxylic acids is 2. The number of rotatable bonds is 4. The third kappa shape index (κ3) is 5.56. The van der Waals surface area contributed by atoms with Gasteiger partial charge in [0.15, 0.2) is 0 Å². The van der Waals surface area contributed by atoms with Gasteiger partial charge in [0.05, 0.1) is 0 Å². The molecule has 0 bridgehead atoms. The van der Waals surface area contributed by atoms with E-state index in [0.29, 0.717) is 13.0 Å². The third-order valence-electron chi connectivity index (χ3n) is 3.81. The van der Waals surface area contributed by atoms with Gasteiger partial charge in [-0.15, -0.1) is 0 Å². The summed E-state index contributed by atoms with van der Waals surface area (Å²) in [5, 5.41) is 0. The van der Waals surface area contributed by atoms with Crippen LogP contribution in [0.5, 0.6) is 0 Å². The molecule has 0 spiro atoms. The first-order valence-electron chi connectivity index (χ1n) is 8.72. The molecular weight excluding hydrogens is 318 g/mol. The van der Waals surface area contributed by atoms with Gasteiger partial charge in [-0.1, -0.05) is 30.3 Å². The zero-order valence-corrected chi connectivity index (χ0v) is 16.0. The van der Waals surface area contributed by atoms with E-state index < -0.39 is 23.3 Å². The molecule has 1 aliphatic rings. The molecule has 0 unspecified atom stereocenters. The van der Waals surface area contributed by atoms with Crippen molar-refractivity contribution in [2.45, 2.75) is 77.8 Å². The maximum absolute atomic E-state index is 12.5. The predicted molar refractivity (Wildman–Crippen MR) is 95.9 cm³/mol. The largest absolute Gasteiger partial charge is 0.459 e. The standard InChI is InChI=1S/C20H29NO4/c1-19(2,3)24-17(22)15-12-16(18(23)25-20(4,5)6)21(15)13-14-10-8-7-9-11-14/h7-11,15-16H,12-13H2,1-6H3/t15-,16+. The first-order valence-corrected chi connectivity index (χ1v) is 8.72. The first-order chi connectivity index (χ1) is 11.5. The van der Waals surface area contributed by atoms with E-state index in [0.717, 1.165) is 5.56 Å². The number of carbonyl (C=O) groups is 2. The highest BCUT2D eigenvalue weighted by atomic mass is 16.6. The van der Waals surface area contributed by atoms with Gasteiger partial charge >= 0.3 is 11.9 Å². The SMILES string of the molecule is CC(C)(C)OC(=O)[C@H]1C[C@@H](C(=O)OC(C)(C)C)N1Cc1ccccc1. The highest BCUT2D eigenvalue weighted by Crippen LogP contribution is 2.32. The fourth-order valence-corrected chi connectivity index (χ4v) is 2.78. The second-order valence-corrected chi connectivity index (χ2v) is 8.49. The number of likely N-dealkylation sites (tertiary alicyclic amines) is 1. The van der Waals surface area contributed by atoms with Gasteiger partial charge in [0.1, 0.15) is 23.3 Å². The highest BCUT2D eigenvalue weighted by molar-refractivity contribution is 5.84. The molecule has 1 saturated heterocycles. The van der Waals surface area contributed by atoms with E-state index in [2.05, 4.69) is 0 Å². The van der Waals surface area contributed by atoms with Gasteiger partial charge in [-0.25, -0.2) is 0 Å². The van der Waals surface area contributed by atoms with Crippen molar-refractivity contribution in [1.82, 2.24) is 4.90 Å². The van der Waals surface area contributed by atoms with Crippen molar-refractivity contribution in [1.29, 1.82) is 0 Å². The summed E-state index contributed by atoms with van der Waals surface area (Å²) in [5.41, 5.74) is -0.0525. The van der Waals surface area contributed by atoms with E-state index in [1.54, 1.807) is 0 Å². The molecular formula is C20H29NO4. The smallest absolute Gasteiger partial charge is 0.323 e. The molecule has 0 aromatic heterocycles. The lowest BCUT2D eigenvalue weighted by Gasteiger charge is -2.46. The van der Waals surface area contributed by atoms with Crippen LogP contribution in [-0.4, -0.2) is 40.1 Å². The van der Waals surface area contributed by atoms with Gasteiger partial charge in [0, 0.05) is 6.54 Å². The van der Waals surface area contributed by atoms with Crippen LogP contribution in [0.3, 0.4) is 0 Å². The van der Waals surface area contributed by atoms with Gasteiger partial charge < -0.3 is 9.47 Å². The second-order valence-electron chi connectivity index (χ2n) is 8.49. The minimum Gasteiger partial charge on any atom is -0.459 e. The molecule has 138 valence electrons. The summed E-state index contributed by atoms with van der Waals surface area (Å²) in [4.78, 5) is 26.8. The lowest BCUT2D eigenvalue weighted by atomic mass is 9.91. The molecule has 1 heterocycles. The van der Waals surface area contributed by atoms with Crippen LogP contribution in [0.2, 0.25) is 0 Å². The van der Waals surface area contributed by atoms with Gasteiger partial charge in [0.2, 0.25) is 0 Å². The Morgan fingerprint density at radius 1 is 0.920 bits per heavy atom. The van der Waals surface area contributed by atoms with E-state index in [1.165, 1.54) is 0 Å². The average molecular weight is 347 g/mol. The monoisotopic (exact) mass is 347 g/mol. The van der Waals surface area contributed by atoms with Crippen LogP contribution in [0.1, 0.15) is 53.5 Å². The summed E-state index contributed by atoms with van der Waals surface area (Å²) < 4.78 is 11.0. The molecule has 5 nitrogen and oxygen atoms in total. The van der Waals surface area contributed by atoms with E-state index in [9.17, 15) is 9.59 Å². The molecule has 25 heavy (non-hydrogen) atoms. The predicted octanol–water partition coefficient (Wildman–Crippen LogP) is 3.31. The summed E-state index contributed by atoms with van der Waals surface area (Å²) in [5.74, 6) is -0.577. The van der Waals surface area contributed by atoms with Crippen molar-refractivity contribution in [2.24, 2.45) is 0 Å². The normalized spacial score (nSPS) is 21.4. The average Bonchev–Trinajstić information content (AvgIpc) is 2.40. The van der Waals surface area contributed by atoms with Crippen molar-refractivity contribution < 1.29 is 19.1 Å². The van der Waals surface area contributed by atoms with Crippen LogP contribution >= 0.6 is 0 Å². The van der Waals surface area contributed by atoms with Crippen molar-refractivity contribution in [3.05, 3.63) is 35.9 Å². The van der Waals surface area contributed by atoms with Crippen molar-refractivity contribution >= 4 is 11.9 Å². The molecule has 5 heteroatoms. The number of ether oxygens (including phenoxy) is 2. The maximum atomic E-state index is 12.5. The lowest BCUT2D eigenvalue weighted by molar-refractivity contribution is -0.183. The molecule has 0 saturated carbocycles. The first kappa shape index (κ1) is 19.4. The Morgan fingerprint density at radius 3 is 1.76 bits per heavy atom. The second kappa shape index (κ2) is 7.16. The molecule has 0 amide bonds. The van der Waals surface area contributed by atoms with E-state index in [1.807, 2.05) is 76.8 Å². The topological polar surface area (TPSA) is 55.8 Å². The number of benzene rings is 1. The van der Waals surface area contributed by atoms with Crippen LogP contribution in [-0.2, 0) is 25.6 Å². The van der Waals surface area contributed by atoms with Gasteiger partial charge in [-0.05, 0) is 53.5 Å². The molecule has 1 aliphatic heterocycles. The van der Waals surface area contributed by atoms with E-state index >= 15 is 0 Å². The zero-order valence-electron chi connectivity index (χ0n) is 16.0. The van der Waals surface area contributed by atoms with Gasteiger partial charge in [-0.2, -0.15) is 0 Å². The van der Waals surface area contributed by atoms with Crippen molar-refractivity contribution in [3.63, 3.8) is 0 Å².